The van der Waals surface area contributed by atoms with Gasteiger partial charge < -0.3 is 9.88 Å². The van der Waals surface area contributed by atoms with Gasteiger partial charge in [0.25, 0.3) is 5.91 Å². The molecule has 18 heavy (non-hydrogen) atoms. The summed E-state index contributed by atoms with van der Waals surface area (Å²) < 4.78 is 0. The molecular formula is C14H15ClN2O. The highest BCUT2D eigenvalue weighted by atomic mass is 35.5. The van der Waals surface area contributed by atoms with E-state index in [9.17, 15) is 4.79 Å². The summed E-state index contributed by atoms with van der Waals surface area (Å²) in [7, 11) is 1.85. The Morgan fingerprint density at radius 1 is 1.50 bits per heavy atom. The summed E-state index contributed by atoms with van der Waals surface area (Å²) >= 11 is 6.09. The summed E-state index contributed by atoms with van der Waals surface area (Å²) in [5.41, 5.74) is 1.45. The summed E-state index contributed by atoms with van der Waals surface area (Å²) in [5.74, 6) is 0.737. The third-order valence-corrected chi connectivity index (χ3v) is 3.73. The smallest absolute Gasteiger partial charge is 0.270 e. The largest absolute Gasteiger partial charge is 0.349 e. The lowest BCUT2D eigenvalue weighted by molar-refractivity contribution is 0.0784. The molecule has 1 N–H and O–H groups in total. The van der Waals surface area contributed by atoms with Crippen LogP contribution in [0.5, 0.6) is 0 Å². The van der Waals surface area contributed by atoms with Crippen molar-refractivity contribution < 1.29 is 4.79 Å². The number of aromatic nitrogens is 1. The lowest BCUT2D eigenvalue weighted by atomic mass is 10.2. The average Bonchev–Trinajstić information content (AvgIpc) is 3.04. The fraction of sp³-hybridized carbons (Fsp3) is 0.357. The van der Waals surface area contributed by atoms with E-state index in [1.165, 1.54) is 12.8 Å². The zero-order valence-corrected chi connectivity index (χ0v) is 11.0. The molecule has 1 aliphatic carbocycles. The van der Waals surface area contributed by atoms with E-state index in [2.05, 4.69) is 4.98 Å². The van der Waals surface area contributed by atoms with Gasteiger partial charge in [-0.25, -0.2) is 0 Å². The zero-order valence-electron chi connectivity index (χ0n) is 10.2. The van der Waals surface area contributed by atoms with Gasteiger partial charge in [-0.1, -0.05) is 23.7 Å². The Morgan fingerprint density at radius 3 is 2.94 bits per heavy atom. The van der Waals surface area contributed by atoms with E-state index in [1.807, 2.05) is 31.3 Å². The zero-order chi connectivity index (χ0) is 12.7. The second-order valence-electron chi connectivity index (χ2n) is 5.02. The van der Waals surface area contributed by atoms with Crippen LogP contribution in [-0.4, -0.2) is 29.4 Å². The first-order chi connectivity index (χ1) is 8.65. The maximum atomic E-state index is 12.2. The van der Waals surface area contributed by atoms with E-state index in [0.717, 1.165) is 17.4 Å². The molecular weight excluding hydrogens is 248 g/mol. The van der Waals surface area contributed by atoms with Crippen molar-refractivity contribution in [1.82, 2.24) is 9.88 Å². The molecule has 1 aromatic heterocycles. The van der Waals surface area contributed by atoms with Crippen LogP contribution in [0.1, 0.15) is 23.3 Å². The number of aromatic amines is 1. The SMILES string of the molecule is CN(CC1CC1)C(=O)c1cc2cccc(Cl)c2[nH]1. The van der Waals surface area contributed by atoms with Gasteiger partial charge in [-0.05, 0) is 30.9 Å². The van der Waals surface area contributed by atoms with Crippen molar-refractivity contribution in [2.24, 2.45) is 5.92 Å². The van der Waals surface area contributed by atoms with E-state index >= 15 is 0 Å². The fourth-order valence-corrected chi connectivity index (χ4v) is 2.44. The van der Waals surface area contributed by atoms with Crippen molar-refractivity contribution in [2.75, 3.05) is 13.6 Å². The van der Waals surface area contributed by atoms with Gasteiger partial charge in [0.2, 0.25) is 0 Å². The van der Waals surface area contributed by atoms with Crippen molar-refractivity contribution >= 4 is 28.4 Å². The minimum atomic E-state index is 0.0363. The Bertz CT molecular complexity index is 601. The van der Waals surface area contributed by atoms with Crippen molar-refractivity contribution in [3.63, 3.8) is 0 Å². The summed E-state index contributed by atoms with van der Waals surface area (Å²) in [6.45, 7) is 0.849. The number of amides is 1. The Hall–Kier alpha value is -1.48. The highest BCUT2D eigenvalue weighted by Gasteiger charge is 2.25. The van der Waals surface area contributed by atoms with Crippen LogP contribution < -0.4 is 0 Å². The predicted octanol–water partition coefficient (Wildman–Crippen LogP) is 3.30. The molecule has 1 fully saturated rings. The summed E-state index contributed by atoms with van der Waals surface area (Å²) in [5, 5.41) is 1.63. The number of H-pyrrole nitrogens is 1. The molecule has 0 radical (unpaired) electrons. The molecule has 1 aliphatic rings. The molecule has 0 spiro atoms. The van der Waals surface area contributed by atoms with Crippen LogP contribution in [0.4, 0.5) is 0 Å². The average molecular weight is 263 g/mol. The van der Waals surface area contributed by atoms with Crippen LogP contribution in [0.2, 0.25) is 5.02 Å². The number of carbonyl (C=O) groups excluding carboxylic acids is 1. The highest BCUT2D eigenvalue weighted by molar-refractivity contribution is 6.35. The Balaban J connectivity index is 1.88. The van der Waals surface area contributed by atoms with Gasteiger partial charge in [0.1, 0.15) is 5.69 Å². The fourth-order valence-electron chi connectivity index (χ4n) is 2.21. The molecule has 1 saturated carbocycles. The van der Waals surface area contributed by atoms with Gasteiger partial charge in [0.15, 0.2) is 0 Å². The highest BCUT2D eigenvalue weighted by Crippen LogP contribution is 2.30. The summed E-state index contributed by atoms with van der Waals surface area (Å²) in [6.07, 6.45) is 2.49. The predicted molar refractivity (Wildman–Crippen MR) is 73.0 cm³/mol. The minimum Gasteiger partial charge on any atom is -0.349 e. The quantitative estimate of drug-likeness (QED) is 0.905. The normalized spacial score (nSPS) is 15.0. The number of para-hydroxylation sites is 1. The second-order valence-corrected chi connectivity index (χ2v) is 5.42. The van der Waals surface area contributed by atoms with Gasteiger partial charge in [-0.2, -0.15) is 0 Å². The van der Waals surface area contributed by atoms with Crippen molar-refractivity contribution in [3.8, 4) is 0 Å². The second kappa shape index (κ2) is 4.32. The van der Waals surface area contributed by atoms with Crippen LogP contribution in [0.3, 0.4) is 0 Å². The van der Waals surface area contributed by atoms with E-state index in [0.29, 0.717) is 16.6 Å². The molecule has 3 nitrogen and oxygen atoms in total. The molecule has 0 unspecified atom stereocenters. The lowest BCUT2D eigenvalue weighted by Crippen LogP contribution is -2.28. The van der Waals surface area contributed by atoms with E-state index in [4.69, 9.17) is 11.6 Å². The monoisotopic (exact) mass is 262 g/mol. The van der Waals surface area contributed by atoms with Crippen LogP contribution in [0.15, 0.2) is 24.3 Å². The number of benzene rings is 1. The van der Waals surface area contributed by atoms with Crippen molar-refractivity contribution in [2.45, 2.75) is 12.8 Å². The van der Waals surface area contributed by atoms with Crippen LogP contribution in [0, 0.1) is 5.92 Å². The summed E-state index contributed by atoms with van der Waals surface area (Å²) in [4.78, 5) is 17.1. The maximum absolute atomic E-state index is 12.2. The van der Waals surface area contributed by atoms with Crippen molar-refractivity contribution in [3.05, 3.63) is 35.0 Å². The Labute approximate surface area is 111 Å². The van der Waals surface area contributed by atoms with Crippen LogP contribution in [-0.2, 0) is 0 Å². The third kappa shape index (κ3) is 2.10. The molecule has 2 aromatic rings. The summed E-state index contributed by atoms with van der Waals surface area (Å²) in [6, 6.07) is 7.53. The topological polar surface area (TPSA) is 36.1 Å². The molecule has 0 atom stereocenters. The van der Waals surface area contributed by atoms with E-state index in [-0.39, 0.29) is 5.91 Å². The van der Waals surface area contributed by atoms with Gasteiger partial charge in [0.05, 0.1) is 10.5 Å². The standard InChI is InChI=1S/C14H15ClN2O/c1-17(8-9-5-6-9)14(18)12-7-10-3-2-4-11(15)13(10)16-12/h2-4,7,9,16H,5-6,8H2,1H3. The molecule has 1 aromatic carbocycles. The number of halogens is 1. The van der Waals surface area contributed by atoms with Gasteiger partial charge in [-0.3, -0.25) is 4.79 Å². The number of nitrogens with one attached hydrogen (secondary N) is 1. The molecule has 94 valence electrons. The first-order valence-corrected chi connectivity index (χ1v) is 6.55. The number of carbonyl (C=O) groups is 1. The maximum Gasteiger partial charge on any atom is 0.270 e. The number of hydrogen-bond donors (Lipinski definition) is 1. The third-order valence-electron chi connectivity index (χ3n) is 3.41. The number of fused-ring (bicyclic) bond motifs is 1. The van der Waals surface area contributed by atoms with Gasteiger partial charge >= 0.3 is 0 Å². The molecule has 1 heterocycles. The van der Waals surface area contributed by atoms with E-state index in [1.54, 1.807) is 4.90 Å². The number of rotatable bonds is 3. The van der Waals surface area contributed by atoms with Crippen molar-refractivity contribution in [1.29, 1.82) is 0 Å². The number of hydrogen-bond acceptors (Lipinski definition) is 1. The minimum absolute atomic E-state index is 0.0363. The molecule has 0 aliphatic heterocycles. The first kappa shape index (κ1) is 11.6. The Morgan fingerprint density at radius 2 is 2.28 bits per heavy atom. The van der Waals surface area contributed by atoms with Gasteiger partial charge in [0, 0.05) is 19.0 Å². The molecule has 1 amide bonds. The first-order valence-electron chi connectivity index (χ1n) is 6.18. The van der Waals surface area contributed by atoms with E-state index < -0.39 is 0 Å². The van der Waals surface area contributed by atoms with Crippen LogP contribution >= 0.6 is 11.6 Å². The molecule has 0 bridgehead atoms. The molecule has 0 saturated heterocycles. The molecule has 4 heteroatoms. The molecule has 3 rings (SSSR count). The van der Waals surface area contributed by atoms with Gasteiger partial charge in [-0.15, -0.1) is 0 Å². The van der Waals surface area contributed by atoms with Crippen LogP contribution in [0.25, 0.3) is 10.9 Å². The number of nitrogens with zero attached hydrogens (tertiary/aromatic N) is 1. The lowest BCUT2D eigenvalue weighted by Gasteiger charge is -2.15. The Kier molecular flexibility index (Phi) is 2.78.